The summed E-state index contributed by atoms with van der Waals surface area (Å²) >= 11 is 0. The first-order valence-corrected chi connectivity index (χ1v) is 11.4. The molecule has 3 atom stereocenters. The minimum atomic E-state index is -1.03. The number of nitrogens with two attached hydrogens (primary N) is 2. The standard InChI is InChI=1S/C24H26N8O3/c25-16(10-19(26)33)24(34)32-14-7-6-13-3-1-5-18(15(13)9-14)35-22(17-4-2-8-27-17)20-21-23(30-11-28-20)31-12-29-21/h1,3,5-7,9,11-12,16-17,22,27H,2,4,8,10,25H2,(H2,26,33)(H,32,34)(H,28,29,30,31)/t16?,17?,22-/m1/s1. The number of primary amides is 1. The van der Waals surface area contributed by atoms with Gasteiger partial charge in [-0.2, -0.15) is 0 Å². The third kappa shape index (κ3) is 4.77. The maximum absolute atomic E-state index is 12.4. The lowest BCUT2D eigenvalue weighted by atomic mass is 10.0. The Kier molecular flexibility index (Phi) is 6.25. The number of aromatic amines is 1. The summed E-state index contributed by atoms with van der Waals surface area (Å²) in [6.45, 7) is 0.899. The molecule has 0 bridgehead atoms. The van der Waals surface area contributed by atoms with Gasteiger partial charge in [0, 0.05) is 11.1 Å². The number of nitrogens with one attached hydrogen (secondary N) is 3. The summed E-state index contributed by atoms with van der Waals surface area (Å²) in [5.74, 6) is -0.485. The molecule has 1 fully saturated rings. The summed E-state index contributed by atoms with van der Waals surface area (Å²) in [7, 11) is 0. The number of carbonyl (C=O) groups excluding carboxylic acids is 2. The molecule has 11 heteroatoms. The maximum Gasteiger partial charge on any atom is 0.241 e. The van der Waals surface area contributed by atoms with Gasteiger partial charge in [0.1, 0.15) is 23.3 Å². The number of carbonyl (C=O) groups is 2. The summed E-state index contributed by atoms with van der Waals surface area (Å²) < 4.78 is 6.63. The van der Waals surface area contributed by atoms with Gasteiger partial charge in [0.25, 0.3) is 0 Å². The van der Waals surface area contributed by atoms with Crippen LogP contribution in [0.5, 0.6) is 5.75 Å². The first-order valence-electron chi connectivity index (χ1n) is 11.4. The Morgan fingerprint density at radius 1 is 1.20 bits per heavy atom. The number of rotatable bonds is 8. The predicted octanol–water partition coefficient (Wildman–Crippen LogP) is 1.52. The Labute approximate surface area is 200 Å². The number of aromatic nitrogens is 4. The zero-order chi connectivity index (χ0) is 24.4. The molecule has 2 unspecified atom stereocenters. The van der Waals surface area contributed by atoms with Gasteiger partial charge in [0.05, 0.1) is 24.8 Å². The highest BCUT2D eigenvalue weighted by Crippen LogP contribution is 2.35. The van der Waals surface area contributed by atoms with Crippen molar-refractivity contribution in [2.45, 2.75) is 37.5 Å². The molecule has 0 radical (unpaired) electrons. The van der Waals surface area contributed by atoms with Crippen molar-refractivity contribution in [3.63, 3.8) is 0 Å². The van der Waals surface area contributed by atoms with Crippen molar-refractivity contribution in [2.24, 2.45) is 11.5 Å². The first-order chi connectivity index (χ1) is 17.0. The Bertz CT molecular complexity index is 1380. The number of benzene rings is 2. The van der Waals surface area contributed by atoms with Crippen molar-refractivity contribution in [3.05, 3.63) is 54.7 Å². The molecule has 180 valence electrons. The second-order valence-corrected chi connectivity index (χ2v) is 8.56. The first kappa shape index (κ1) is 22.7. The zero-order valence-corrected chi connectivity index (χ0v) is 18.9. The molecule has 35 heavy (non-hydrogen) atoms. The molecule has 2 aromatic carbocycles. The van der Waals surface area contributed by atoms with Crippen LogP contribution in [0.2, 0.25) is 0 Å². The van der Waals surface area contributed by atoms with Crippen LogP contribution in [0.3, 0.4) is 0 Å². The van der Waals surface area contributed by atoms with Crippen LogP contribution in [-0.4, -0.2) is 50.4 Å². The third-order valence-corrected chi connectivity index (χ3v) is 6.10. The number of hydrogen-bond donors (Lipinski definition) is 5. The van der Waals surface area contributed by atoms with Crippen molar-refractivity contribution >= 4 is 39.4 Å². The number of amides is 2. The summed E-state index contributed by atoms with van der Waals surface area (Å²) in [5.41, 5.74) is 13.5. The molecule has 3 heterocycles. The van der Waals surface area contributed by atoms with E-state index in [1.165, 1.54) is 6.33 Å². The van der Waals surface area contributed by atoms with Gasteiger partial charge in [-0.3, -0.25) is 9.59 Å². The van der Waals surface area contributed by atoms with Gasteiger partial charge in [-0.05, 0) is 43.0 Å². The van der Waals surface area contributed by atoms with Crippen molar-refractivity contribution in [1.82, 2.24) is 25.3 Å². The van der Waals surface area contributed by atoms with E-state index in [4.69, 9.17) is 16.2 Å². The minimum absolute atomic E-state index is 0.0507. The van der Waals surface area contributed by atoms with E-state index in [1.54, 1.807) is 12.4 Å². The molecule has 5 rings (SSSR count). The molecule has 11 nitrogen and oxygen atoms in total. The molecule has 2 amide bonds. The molecule has 1 aliphatic heterocycles. The van der Waals surface area contributed by atoms with Gasteiger partial charge < -0.3 is 31.8 Å². The number of fused-ring (bicyclic) bond motifs is 2. The highest BCUT2D eigenvalue weighted by molar-refractivity contribution is 6.00. The van der Waals surface area contributed by atoms with Crippen LogP contribution < -0.4 is 26.8 Å². The summed E-state index contributed by atoms with van der Waals surface area (Å²) in [4.78, 5) is 39.7. The SMILES string of the molecule is NC(=O)CC(N)C(=O)Nc1ccc2cccc(O[C@@H](c3ncnc4[nH]cnc34)C3CCCN3)c2c1. The number of anilines is 1. The molecule has 0 aliphatic carbocycles. The van der Waals surface area contributed by atoms with E-state index in [2.05, 4.69) is 30.6 Å². The molecule has 1 aliphatic rings. The van der Waals surface area contributed by atoms with Gasteiger partial charge >= 0.3 is 0 Å². The Balaban J connectivity index is 1.49. The molecule has 0 spiro atoms. The fraction of sp³-hybridized carbons (Fsp3) is 0.292. The quantitative estimate of drug-likeness (QED) is 0.255. The van der Waals surface area contributed by atoms with Crippen LogP contribution >= 0.6 is 0 Å². The van der Waals surface area contributed by atoms with Gasteiger partial charge in [0.2, 0.25) is 11.8 Å². The van der Waals surface area contributed by atoms with Crippen LogP contribution in [0.15, 0.2) is 49.1 Å². The average Bonchev–Trinajstić information content (AvgIpc) is 3.54. The molecular formula is C24H26N8O3. The largest absolute Gasteiger partial charge is 0.482 e. The molecule has 0 saturated carbocycles. The lowest BCUT2D eigenvalue weighted by Gasteiger charge is -2.25. The van der Waals surface area contributed by atoms with E-state index in [1.807, 2.05) is 30.3 Å². The van der Waals surface area contributed by atoms with Crippen molar-refractivity contribution < 1.29 is 14.3 Å². The molecule has 2 aromatic heterocycles. The van der Waals surface area contributed by atoms with Crippen LogP contribution in [0, 0.1) is 0 Å². The highest BCUT2D eigenvalue weighted by Gasteiger charge is 2.31. The third-order valence-electron chi connectivity index (χ3n) is 6.10. The summed E-state index contributed by atoms with van der Waals surface area (Å²) in [5, 5.41) is 8.01. The number of imidazole rings is 1. The van der Waals surface area contributed by atoms with E-state index in [9.17, 15) is 9.59 Å². The fourth-order valence-electron chi connectivity index (χ4n) is 4.40. The highest BCUT2D eigenvalue weighted by atomic mass is 16.5. The second-order valence-electron chi connectivity index (χ2n) is 8.56. The Morgan fingerprint density at radius 3 is 2.89 bits per heavy atom. The van der Waals surface area contributed by atoms with Crippen molar-refractivity contribution in [2.75, 3.05) is 11.9 Å². The number of hydrogen-bond acceptors (Lipinski definition) is 8. The van der Waals surface area contributed by atoms with E-state index >= 15 is 0 Å². The van der Waals surface area contributed by atoms with Crippen LogP contribution in [0.4, 0.5) is 5.69 Å². The molecule has 7 N–H and O–H groups in total. The molecule has 1 saturated heterocycles. The van der Waals surface area contributed by atoms with Crippen LogP contribution in [-0.2, 0) is 9.59 Å². The van der Waals surface area contributed by atoms with E-state index < -0.39 is 24.0 Å². The molecular weight excluding hydrogens is 448 g/mol. The Morgan fingerprint density at radius 2 is 2.09 bits per heavy atom. The van der Waals surface area contributed by atoms with Crippen LogP contribution in [0.25, 0.3) is 21.9 Å². The van der Waals surface area contributed by atoms with E-state index in [0.29, 0.717) is 28.3 Å². The summed E-state index contributed by atoms with van der Waals surface area (Å²) in [6.07, 6.45) is 4.44. The number of nitrogens with zero attached hydrogens (tertiary/aromatic N) is 3. The van der Waals surface area contributed by atoms with Gasteiger partial charge in [-0.25, -0.2) is 15.0 Å². The normalized spacial score (nSPS) is 17.3. The maximum atomic E-state index is 12.4. The van der Waals surface area contributed by atoms with Crippen molar-refractivity contribution in [1.29, 1.82) is 0 Å². The molecule has 4 aromatic rings. The fourth-order valence-corrected chi connectivity index (χ4v) is 4.40. The Hall–Kier alpha value is -4.09. The topological polar surface area (TPSA) is 174 Å². The van der Waals surface area contributed by atoms with Crippen LogP contribution in [0.1, 0.15) is 31.1 Å². The summed E-state index contributed by atoms with van der Waals surface area (Å²) in [6, 6.07) is 10.3. The lowest BCUT2D eigenvalue weighted by Crippen LogP contribution is -2.38. The monoisotopic (exact) mass is 474 g/mol. The van der Waals surface area contributed by atoms with Gasteiger partial charge in [0.15, 0.2) is 11.8 Å². The minimum Gasteiger partial charge on any atom is -0.482 e. The average molecular weight is 475 g/mol. The second kappa shape index (κ2) is 9.65. The predicted molar refractivity (Wildman–Crippen MR) is 130 cm³/mol. The number of H-pyrrole nitrogens is 1. The van der Waals surface area contributed by atoms with E-state index in [-0.39, 0.29) is 12.5 Å². The van der Waals surface area contributed by atoms with E-state index in [0.717, 1.165) is 30.2 Å². The van der Waals surface area contributed by atoms with Gasteiger partial charge in [-0.1, -0.05) is 18.2 Å². The van der Waals surface area contributed by atoms with Crippen molar-refractivity contribution in [3.8, 4) is 5.75 Å². The smallest absolute Gasteiger partial charge is 0.241 e. The van der Waals surface area contributed by atoms with Gasteiger partial charge in [-0.15, -0.1) is 0 Å². The lowest BCUT2D eigenvalue weighted by molar-refractivity contribution is -0.123. The zero-order valence-electron chi connectivity index (χ0n) is 18.9. The number of ether oxygens (including phenoxy) is 1.